The van der Waals surface area contributed by atoms with Crippen LogP contribution in [0.25, 0.3) is 0 Å². The first-order valence-corrected chi connectivity index (χ1v) is 5.89. The van der Waals surface area contributed by atoms with Gasteiger partial charge in [0, 0.05) is 17.0 Å². The van der Waals surface area contributed by atoms with E-state index in [4.69, 9.17) is 5.11 Å². The number of hydrogen-bond acceptors (Lipinski definition) is 4. The van der Waals surface area contributed by atoms with Crippen LogP contribution >= 0.6 is 23.1 Å². The van der Waals surface area contributed by atoms with Gasteiger partial charge in [-0.05, 0) is 6.26 Å². The molecule has 0 fully saturated rings. The number of hydrogen-bond donors (Lipinski definition) is 1. The van der Waals surface area contributed by atoms with E-state index in [1.54, 1.807) is 29.3 Å². The van der Waals surface area contributed by atoms with E-state index in [0.29, 0.717) is 0 Å². The standard InChI is InChI=1S/C8H11NO2S2/c1-5(3-7(10)11)6-4-9-8(12-2)13-6/h4-5H,3H2,1-2H3,(H,10,11). The Bertz CT molecular complexity index is 298. The van der Waals surface area contributed by atoms with Gasteiger partial charge < -0.3 is 5.11 Å². The zero-order valence-corrected chi connectivity index (χ0v) is 9.11. The lowest BCUT2D eigenvalue weighted by Gasteiger charge is -2.02. The Labute approximate surface area is 85.2 Å². The molecular weight excluding hydrogens is 206 g/mol. The highest BCUT2D eigenvalue weighted by Crippen LogP contribution is 2.29. The van der Waals surface area contributed by atoms with Crippen LogP contribution in [0.1, 0.15) is 24.1 Å². The van der Waals surface area contributed by atoms with Crippen molar-refractivity contribution < 1.29 is 9.90 Å². The molecule has 1 heterocycles. The summed E-state index contributed by atoms with van der Waals surface area (Å²) in [6, 6.07) is 0. The molecule has 5 heteroatoms. The van der Waals surface area contributed by atoms with Gasteiger partial charge in [-0.3, -0.25) is 4.79 Å². The number of thioether (sulfide) groups is 1. The summed E-state index contributed by atoms with van der Waals surface area (Å²) >= 11 is 3.16. The molecule has 1 unspecified atom stereocenters. The van der Waals surface area contributed by atoms with Crippen molar-refractivity contribution in [3.05, 3.63) is 11.1 Å². The highest BCUT2D eigenvalue weighted by molar-refractivity contribution is 8.00. The van der Waals surface area contributed by atoms with Crippen molar-refractivity contribution in [2.24, 2.45) is 0 Å². The van der Waals surface area contributed by atoms with E-state index in [1.165, 1.54) is 0 Å². The number of carboxylic acids is 1. The SMILES string of the molecule is CSc1ncc(C(C)CC(=O)O)s1. The fourth-order valence-corrected chi connectivity index (χ4v) is 2.43. The third kappa shape index (κ3) is 3.00. The first kappa shape index (κ1) is 10.5. The average molecular weight is 217 g/mol. The number of aromatic nitrogens is 1. The van der Waals surface area contributed by atoms with Crippen molar-refractivity contribution in [3.63, 3.8) is 0 Å². The van der Waals surface area contributed by atoms with Crippen molar-refractivity contribution in [3.8, 4) is 0 Å². The molecule has 0 aliphatic rings. The Morgan fingerprint density at radius 2 is 2.54 bits per heavy atom. The smallest absolute Gasteiger partial charge is 0.303 e. The molecule has 0 saturated heterocycles. The van der Waals surface area contributed by atoms with Gasteiger partial charge in [0.2, 0.25) is 0 Å². The monoisotopic (exact) mass is 217 g/mol. The van der Waals surface area contributed by atoms with Crippen molar-refractivity contribution in [1.82, 2.24) is 4.98 Å². The zero-order valence-electron chi connectivity index (χ0n) is 7.48. The molecule has 3 nitrogen and oxygen atoms in total. The second-order valence-corrected chi connectivity index (χ2v) is 4.85. The van der Waals surface area contributed by atoms with Crippen LogP contribution in [0.2, 0.25) is 0 Å². The number of carboxylic acid groups (broad SMARTS) is 1. The van der Waals surface area contributed by atoms with Crippen LogP contribution in [0.3, 0.4) is 0 Å². The summed E-state index contributed by atoms with van der Waals surface area (Å²) in [5.41, 5.74) is 0. The molecular formula is C8H11NO2S2. The lowest BCUT2D eigenvalue weighted by atomic mass is 10.1. The molecule has 1 rings (SSSR count). The minimum atomic E-state index is -0.758. The molecule has 0 aliphatic heterocycles. The molecule has 0 aromatic carbocycles. The molecule has 1 aromatic rings. The largest absolute Gasteiger partial charge is 0.481 e. The molecule has 1 atom stereocenters. The zero-order chi connectivity index (χ0) is 9.84. The maximum atomic E-state index is 10.4. The lowest BCUT2D eigenvalue weighted by molar-refractivity contribution is -0.137. The van der Waals surface area contributed by atoms with Crippen LogP contribution < -0.4 is 0 Å². The van der Waals surface area contributed by atoms with Gasteiger partial charge in [0.25, 0.3) is 0 Å². The van der Waals surface area contributed by atoms with Crippen LogP contribution in [0.15, 0.2) is 10.5 Å². The fourth-order valence-electron chi connectivity index (χ4n) is 0.955. The van der Waals surface area contributed by atoms with Gasteiger partial charge in [-0.2, -0.15) is 0 Å². The molecule has 0 saturated carbocycles. The van der Waals surface area contributed by atoms with Gasteiger partial charge in [0.05, 0.1) is 6.42 Å². The highest BCUT2D eigenvalue weighted by atomic mass is 32.2. The third-order valence-electron chi connectivity index (χ3n) is 1.64. The van der Waals surface area contributed by atoms with Gasteiger partial charge in [0.1, 0.15) is 4.34 Å². The Morgan fingerprint density at radius 1 is 1.85 bits per heavy atom. The summed E-state index contributed by atoms with van der Waals surface area (Å²) in [5.74, 6) is -0.692. The van der Waals surface area contributed by atoms with E-state index >= 15 is 0 Å². The number of carbonyl (C=O) groups is 1. The summed E-state index contributed by atoms with van der Waals surface area (Å²) in [4.78, 5) is 15.6. The van der Waals surface area contributed by atoms with Crippen molar-refractivity contribution >= 4 is 29.1 Å². The molecule has 0 radical (unpaired) electrons. The molecule has 1 N–H and O–H groups in total. The van der Waals surface area contributed by atoms with Gasteiger partial charge in [0.15, 0.2) is 0 Å². The Balaban J connectivity index is 2.65. The molecule has 72 valence electrons. The summed E-state index contributed by atoms with van der Waals surface area (Å²) < 4.78 is 0.993. The number of rotatable bonds is 4. The van der Waals surface area contributed by atoms with Crippen molar-refractivity contribution in [2.45, 2.75) is 23.6 Å². The Hall–Kier alpha value is -0.550. The first-order chi connectivity index (χ1) is 6.13. The van der Waals surface area contributed by atoms with E-state index in [1.807, 2.05) is 13.2 Å². The minimum Gasteiger partial charge on any atom is -0.481 e. The van der Waals surface area contributed by atoms with Crippen LogP contribution in [0.5, 0.6) is 0 Å². The van der Waals surface area contributed by atoms with E-state index in [9.17, 15) is 4.79 Å². The number of nitrogens with zero attached hydrogens (tertiary/aromatic N) is 1. The predicted molar refractivity (Wildman–Crippen MR) is 54.6 cm³/mol. The normalized spacial score (nSPS) is 12.8. The maximum Gasteiger partial charge on any atom is 0.303 e. The maximum absolute atomic E-state index is 10.4. The van der Waals surface area contributed by atoms with Gasteiger partial charge in [-0.1, -0.05) is 18.7 Å². The quantitative estimate of drug-likeness (QED) is 0.787. The van der Waals surface area contributed by atoms with E-state index in [-0.39, 0.29) is 12.3 Å². The molecule has 0 bridgehead atoms. The van der Waals surface area contributed by atoms with Crippen LogP contribution in [0, 0.1) is 0 Å². The van der Waals surface area contributed by atoms with E-state index in [0.717, 1.165) is 9.22 Å². The van der Waals surface area contributed by atoms with E-state index in [2.05, 4.69) is 4.98 Å². The summed E-state index contributed by atoms with van der Waals surface area (Å²) in [7, 11) is 0. The minimum absolute atomic E-state index is 0.0656. The summed E-state index contributed by atoms with van der Waals surface area (Å²) in [6.45, 7) is 1.91. The second kappa shape index (κ2) is 4.62. The van der Waals surface area contributed by atoms with Gasteiger partial charge in [-0.25, -0.2) is 4.98 Å². The molecule has 0 spiro atoms. The molecule has 0 aliphatic carbocycles. The number of thiazole rings is 1. The Kier molecular flexibility index (Phi) is 3.74. The Morgan fingerprint density at radius 3 is 3.00 bits per heavy atom. The summed E-state index contributed by atoms with van der Waals surface area (Å²) in [5, 5.41) is 8.59. The number of aliphatic carboxylic acids is 1. The average Bonchev–Trinajstić information content (AvgIpc) is 2.50. The third-order valence-corrected chi connectivity index (χ3v) is 3.87. The first-order valence-electron chi connectivity index (χ1n) is 3.85. The predicted octanol–water partition coefficient (Wildman–Crippen LogP) is 2.44. The second-order valence-electron chi connectivity index (χ2n) is 2.73. The van der Waals surface area contributed by atoms with Crippen LogP contribution in [-0.4, -0.2) is 22.3 Å². The highest BCUT2D eigenvalue weighted by Gasteiger charge is 2.12. The van der Waals surface area contributed by atoms with Crippen LogP contribution in [0.4, 0.5) is 0 Å². The molecule has 1 aromatic heterocycles. The van der Waals surface area contributed by atoms with E-state index < -0.39 is 5.97 Å². The van der Waals surface area contributed by atoms with Gasteiger partial charge >= 0.3 is 5.97 Å². The topological polar surface area (TPSA) is 50.2 Å². The molecule has 13 heavy (non-hydrogen) atoms. The fraction of sp³-hybridized carbons (Fsp3) is 0.500. The lowest BCUT2D eigenvalue weighted by Crippen LogP contribution is -2.00. The van der Waals surface area contributed by atoms with Crippen molar-refractivity contribution in [2.75, 3.05) is 6.26 Å². The molecule has 0 amide bonds. The van der Waals surface area contributed by atoms with Gasteiger partial charge in [-0.15, -0.1) is 11.3 Å². The van der Waals surface area contributed by atoms with Crippen LogP contribution in [-0.2, 0) is 4.79 Å². The van der Waals surface area contributed by atoms with Crippen molar-refractivity contribution in [1.29, 1.82) is 0 Å². The summed E-state index contributed by atoms with van der Waals surface area (Å²) in [6.07, 6.45) is 3.91.